The number of methoxy groups -OCH3 is 2. The van der Waals surface area contributed by atoms with E-state index in [0.29, 0.717) is 47.0 Å². The summed E-state index contributed by atoms with van der Waals surface area (Å²) >= 11 is 7.60. The monoisotopic (exact) mass is 497 g/mol. The molecule has 1 saturated heterocycles. The predicted molar refractivity (Wildman–Crippen MR) is 130 cm³/mol. The Morgan fingerprint density at radius 1 is 1.16 bits per heavy atom. The quantitative estimate of drug-likeness (QED) is 0.482. The molecule has 3 aromatic rings. The highest BCUT2D eigenvalue weighted by molar-refractivity contribution is 7.22. The van der Waals surface area contributed by atoms with Crippen molar-refractivity contribution < 1.29 is 19.0 Å². The fourth-order valence-electron chi connectivity index (χ4n) is 3.44. The van der Waals surface area contributed by atoms with Gasteiger partial charge in [-0.15, -0.1) is 12.4 Å². The van der Waals surface area contributed by atoms with E-state index in [-0.39, 0.29) is 18.3 Å². The molecule has 4 rings (SSSR count). The second kappa shape index (κ2) is 11.2. The number of halogens is 2. The average molecular weight is 498 g/mol. The molecule has 7 nitrogen and oxygen atoms in total. The van der Waals surface area contributed by atoms with Gasteiger partial charge in [0.2, 0.25) is 0 Å². The number of ether oxygens (including phenoxy) is 3. The summed E-state index contributed by atoms with van der Waals surface area (Å²) < 4.78 is 17.1. The fraction of sp³-hybridized carbons (Fsp3) is 0.364. The number of hydrogen-bond acceptors (Lipinski definition) is 7. The topological polar surface area (TPSA) is 64.1 Å². The molecule has 0 atom stereocenters. The van der Waals surface area contributed by atoms with Gasteiger partial charge in [-0.1, -0.05) is 22.9 Å². The van der Waals surface area contributed by atoms with Gasteiger partial charge >= 0.3 is 0 Å². The first kappa shape index (κ1) is 24.5. The summed E-state index contributed by atoms with van der Waals surface area (Å²) in [6, 6.07) is 10.7. The van der Waals surface area contributed by atoms with Crippen LogP contribution < -0.4 is 14.4 Å². The Bertz CT molecular complexity index is 1050. The first-order chi connectivity index (χ1) is 15.1. The number of thiazole rings is 1. The van der Waals surface area contributed by atoms with Crippen molar-refractivity contribution in [2.75, 3.05) is 58.5 Å². The lowest BCUT2D eigenvalue weighted by Gasteiger charge is -2.29. The number of morpholine rings is 1. The van der Waals surface area contributed by atoms with Crippen LogP contribution in [0.3, 0.4) is 0 Å². The minimum absolute atomic E-state index is 0. The van der Waals surface area contributed by atoms with Crippen LogP contribution in [0.2, 0.25) is 5.02 Å². The standard InChI is InChI=1S/C22H24ClN3O4S.ClH/c1-28-17-11-15(12-18(14-17)29-2)21(27)26(6-5-25-7-9-30-10-8-25)22-24-19-4-3-16(23)13-20(19)31-22;/h3-4,11-14H,5-10H2,1-2H3;1H. The van der Waals surface area contributed by atoms with Crippen LogP contribution in [0.4, 0.5) is 5.13 Å². The molecule has 10 heteroatoms. The summed E-state index contributed by atoms with van der Waals surface area (Å²) in [7, 11) is 3.13. The Labute approximate surface area is 202 Å². The van der Waals surface area contributed by atoms with Crippen LogP contribution >= 0.6 is 35.3 Å². The van der Waals surface area contributed by atoms with Gasteiger partial charge in [-0.25, -0.2) is 4.98 Å². The molecule has 172 valence electrons. The van der Waals surface area contributed by atoms with E-state index in [0.717, 1.165) is 29.9 Å². The SMILES string of the molecule is COc1cc(OC)cc(C(=O)N(CCN2CCOCC2)c2nc3ccc(Cl)cc3s2)c1.Cl. The number of aromatic nitrogens is 1. The van der Waals surface area contributed by atoms with E-state index in [2.05, 4.69) is 4.90 Å². The van der Waals surface area contributed by atoms with Gasteiger partial charge in [0.25, 0.3) is 5.91 Å². The number of carbonyl (C=O) groups is 1. The molecule has 0 N–H and O–H groups in total. The number of hydrogen-bond donors (Lipinski definition) is 0. The van der Waals surface area contributed by atoms with Gasteiger partial charge in [0.15, 0.2) is 5.13 Å². The van der Waals surface area contributed by atoms with Crippen molar-refractivity contribution in [1.82, 2.24) is 9.88 Å². The van der Waals surface area contributed by atoms with Gasteiger partial charge in [-0.05, 0) is 30.3 Å². The number of rotatable bonds is 7. The molecule has 1 aromatic heterocycles. The van der Waals surface area contributed by atoms with Gasteiger partial charge < -0.3 is 14.2 Å². The van der Waals surface area contributed by atoms with Crippen LogP contribution in [0, 0.1) is 0 Å². The Balaban J connectivity index is 0.00000289. The molecule has 2 aromatic carbocycles. The average Bonchev–Trinajstić information content (AvgIpc) is 3.22. The highest BCUT2D eigenvalue weighted by atomic mass is 35.5. The normalized spacial score (nSPS) is 14.1. The van der Waals surface area contributed by atoms with Gasteiger partial charge in [0.1, 0.15) is 11.5 Å². The predicted octanol–water partition coefficient (Wildman–Crippen LogP) is 4.37. The van der Waals surface area contributed by atoms with E-state index >= 15 is 0 Å². The van der Waals surface area contributed by atoms with Crippen LogP contribution in [0.15, 0.2) is 36.4 Å². The van der Waals surface area contributed by atoms with Crippen molar-refractivity contribution in [3.8, 4) is 11.5 Å². The zero-order valence-electron chi connectivity index (χ0n) is 17.9. The van der Waals surface area contributed by atoms with Crippen LogP contribution in [0.25, 0.3) is 10.2 Å². The van der Waals surface area contributed by atoms with Crippen molar-refractivity contribution in [2.45, 2.75) is 0 Å². The van der Waals surface area contributed by atoms with Crippen molar-refractivity contribution in [2.24, 2.45) is 0 Å². The van der Waals surface area contributed by atoms with Gasteiger partial charge in [-0.3, -0.25) is 14.6 Å². The Morgan fingerprint density at radius 3 is 2.50 bits per heavy atom. The maximum Gasteiger partial charge on any atom is 0.260 e. The Morgan fingerprint density at radius 2 is 1.84 bits per heavy atom. The van der Waals surface area contributed by atoms with E-state index in [1.165, 1.54) is 11.3 Å². The first-order valence-corrected chi connectivity index (χ1v) is 11.2. The van der Waals surface area contributed by atoms with Gasteiger partial charge in [-0.2, -0.15) is 0 Å². The molecule has 1 amide bonds. The van der Waals surface area contributed by atoms with Crippen LogP contribution in [-0.2, 0) is 4.74 Å². The number of nitrogens with zero attached hydrogens (tertiary/aromatic N) is 3. The molecule has 32 heavy (non-hydrogen) atoms. The first-order valence-electron chi connectivity index (χ1n) is 9.98. The third-order valence-corrected chi connectivity index (χ3v) is 6.43. The molecular weight excluding hydrogens is 473 g/mol. The lowest BCUT2D eigenvalue weighted by Crippen LogP contribution is -2.43. The van der Waals surface area contributed by atoms with E-state index in [1.54, 1.807) is 43.4 Å². The molecular formula is C22H25Cl2N3O4S. The zero-order valence-corrected chi connectivity index (χ0v) is 20.3. The molecule has 1 aliphatic rings. The largest absolute Gasteiger partial charge is 0.497 e. The summed E-state index contributed by atoms with van der Waals surface area (Å²) in [5, 5.41) is 1.28. The van der Waals surface area contributed by atoms with Crippen LogP contribution in [0.1, 0.15) is 10.4 Å². The Hall–Kier alpha value is -2.10. The van der Waals surface area contributed by atoms with Crippen LogP contribution in [0.5, 0.6) is 11.5 Å². The number of amides is 1. The summed E-state index contributed by atoms with van der Waals surface area (Å²) in [5.74, 6) is 0.967. The highest BCUT2D eigenvalue weighted by Gasteiger charge is 2.24. The fourth-order valence-corrected chi connectivity index (χ4v) is 4.70. The highest BCUT2D eigenvalue weighted by Crippen LogP contribution is 2.32. The Kier molecular flexibility index (Phi) is 8.56. The maximum atomic E-state index is 13.6. The van der Waals surface area contributed by atoms with E-state index < -0.39 is 0 Å². The second-order valence-corrected chi connectivity index (χ2v) is 8.57. The van der Waals surface area contributed by atoms with Crippen molar-refractivity contribution in [3.05, 3.63) is 47.0 Å². The third-order valence-electron chi connectivity index (χ3n) is 5.16. The molecule has 0 saturated carbocycles. The lowest BCUT2D eigenvalue weighted by atomic mass is 10.1. The van der Waals surface area contributed by atoms with Crippen molar-refractivity contribution in [1.29, 1.82) is 0 Å². The molecule has 2 heterocycles. The molecule has 0 radical (unpaired) electrons. The summed E-state index contributed by atoms with van der Waals surface area (Å²) in [6.07, 6.45) is 0. The molecule has 1 fully saturated rings. The maximum absolute atomic E-state index is 13.6. The van der Waals surface area contributed by atoms with Crippen molar-refractivity contribution >= 4 is 56.6 Å². The molecule has 0 aliphatic carbocycles. The van der Waals surface area contributed by atoms with Gasteiger partial charge in [0, 0.05) is 42.8 Å². The number of fused-ring (bicyclic) bond motifs is 1. The van der Waals surface area contributed by atoms with E-state index in [1.807, 2.05) is 12.1 Å². The smallest absolute Gasteiger partial charge is 0.260 e. The van der Waals surface area contributed by atoms with Gasteiger partial charge in [0.05, 0.1) is 37.6 Å². The molecule has 0 unspecified atom stereocenters. The van der Waals surface area contributed by atoms with E-state index in [9.17, 15) is 4.79 Å². The number of anilines is 1. The summed E-state index contributed by atoms with van der Waals surface area (Å²) in [5.41, 5.74) is 1.30. The number of benzene rings is 2. The van der Waals surface area contributed by atoms with Crippen molar-refractivity contribution in [3.63, 3.8) is 0 Å². The second-order valence-electron chi connectivity index (χ2n) is 7.12. The van der Waals surface area contributed by atoms with E-state index in [4.69, 9.17) is 30.8 Å². The van der Waals surface area contributed by atoms with Crippen LogP contribution in [-0.4, -0.2) is 69.4 Å². The zero-order chi connectivity index (χ0) is 21.8. The number of carbonyl (C=O) groups excluding carboxylic acids is 1. The molecule has 0 spiro atoms. The molecule has 0 bridgehead atoms. The summed E-state index contributed by atoms with van der Waals surface area (Å²) in [4.78, 5) is 22.3. The lowest BCUT2D eigenvalue weighted by molar-refractivity contribution is 0.0391. The third kappa shape index (κ3) is 5.63. The minimum atomic E-state index is -0.157. The molecule has 1 aliphatic heterocycles. The minimum Gasteiger partial charge on any atom is -0.497 e. The summed E-state index contributed by atoms with van der Waals surface area (Å²) in [6.45, 7) is 4.36.